The first kappa shape index (κ1) is 16.0. The summed E-state index contributed by atoms with van der Waals surface area (Å²) in [6.45, 7) is 2.18. The van der Waals surface area contributed by atoms with E-state index in [0.717, 1.165) is 18.4 Å². The summed E-state index contributed by atoms with van der Waals surface area (Å²) in [5, 5.41) is 10.5. The van der Waals surface area contributed by atoms with Crippen LogP contribution in [-0.2, 0) is 5.54 Å². The van der Waals surface area contributed by atoms with Gasteiger partial charge in [-0.2, -0.15) is 5.10 Å². The molecule has 3 aromatic rings. The largest absolute Gasteiger partial charge is 0.489 e. The number of hydrogen-bond donors (Lipinski definition) is 2. The molecule has 27 heavy (non-hydrogen) atoms. The molecule has 8 heteroatoms. The number of rotatable bonds is 0. The minimum atomic E-state index is -0.422. The number of benzene rings is 1. The summed E-state index contributed by atoms with van der Waals surface area (Å²) in [6.07, 6.45) is 4.66. The summed E-state index contributed by atoms with van der Waals surface area (Å²) in [5.41, 5.74) is 1.23. The molecule has 0 saturated heterocycles. The van der Waals surface area contributed by atoms with Gasteiger partial charge in [0.1, 0.15) is 29.1 Å². The molecule has 1 spiro atoms. The van der Waals surface area contributed by atoms with E-state index in [2.05, 4.69) is 20.7 Å². The maximum absolute atomic E-state index is 14.0. The minimum Gasteiger partial charge on any atom is -0.489 e. The number of nitrogens with zero attached hydrogens (tertiary/aromatic N) is 3. The van der Waals surface area contributed by atoms with Gasteiger partial charge < -0.3 is 15.4 Å². The molecule has 5 rings (SSSR count). The van der Waals surface area contributed by atoms with E-state index in [4.69, 9.17) is 4.74 Å². The number of nitrogens with one attached hydrogen (secondary N) is 2. The first-order valence-corrected chi connectivity index (χ1v) is 8.92. The molecule has 1 aromatic carbocycles. The van der Waals surface area contributed by atoms with Crippen molar-refractivity contribution in [3.8, 4) is 5.75 Å². The summed E-state index contributed by atoms with van der Waals surface area (Å²) in [4.78, 5) is 17.1. The van der Waals surface area contributed by atoms with Gasteiger partial charge in [0, 0.05) is 11.8 Å². The lowest BCUT2D eigenvalue weighted by molar-refractivity contribution is 0.0933. The number of carbonyl (C=O) groups is 1. The number of fused-ring (bicyclic) bond motifs is 3. The average molecular weight is 367 g/mol. The molecule has 1 atom stereocenters. The van der Waals surface area contributed by atoms with Crippen LogP contribution in [-0.4, -0.2) is 33.2 Å². The van der Waals surface area contributed by atoms with Crippen LogP contribution in [0.25, 0.3) is 5.65 Å². The van der Waals surface area contributed by atoms with Gasteiger partial charge in [-0.05, 0) is 44.0 Å². The number of amides is 1. The summed E-state index contributed by atoms with van der Waals surface area (Å²) in [6, 6.07) is 6.35. The molecule has 1 amide bonds. The van der Waals surface area contributed by atoms with E-state index >= 15 is 0 Å². The standard InChI is InChI=1S/C19H18FN5O2/c1-11-9-21-18(26)13-10-22-25-7-4-16(23-17(13)25)24-19(5-6-19)14-8-12(20)2-3-15(14)27-11/h2-4,7-8,10-11H,5-6,9H2,1H3,(H,21,26)(H,23,24)/t11-/m0/s1. The Balaban J connectivity index is 1.66. The van der Waals surface area contributed by atoms with Gasteiger partial charge in [0.2, 0.25) is 0 Å². The van der Waals surface area contributed by atoms with E-state index in [9.17, 15) is 9.18 Å². The fourth-order valence-electron chi connectivity index (χ4n) is 3.50. The Morgan fingerprint density at radius 3 is 3.00 bits per heavy atom. The number of carbonyl (C=O) groups excluding carboxylic acids is 1. The molecule has 1 aliphatic heterocycles. The average Bonchev–Trinajstić information content (AvgIpc) is 3.30. The van der Waals surface area contributed by atoms with E-state index in [-0.39, 0.29) is 17.8 Å². The van der Waals surface area contributed by atoms with Crippen molar-refractivity contribution in [3.63, 3.8) is 0 Å². The fourth-order valence-corrected chi connectivity index (χ4v) is 3.50. The number of aromatic nitrogens is 3. The van der Waals surface area contributed by atoms with Crippen molar-refractivity contribution in [1.29, 1.82) is 0 Å². The summed E-state index contributed by atoms with van der Waals surface area (Å²) >= 11 is 0. The third kappa shape index (κ3) is 2.68. The third-order valence-corrected chi connectivity index (χ3v) is 5.07. The van der Waals surface area contributed by atoms with Gasteiger partial charge >= 0.3 is 0 Å². The molecule has 7 nitrogen and oxygen atoms in total. The number of halogens is 1. The van der Waals surface area contributed by atoms with Crippen molar-refractivity contribution in [1.82, 2.24) is 19.9 Å². The molecule has 1 fully saturated rings. The van der Waals surface area contributed by atoms with Crippen LogP contribution in [0.1, 0.15) is 35.7 Å². The van der Waals surface area contributed by atoms with E-state index in [0.29, 0.717) is 29.3 Å². The first-order chi connectivity index (χ1) is 13.0. The quantitative estimate of drug-likeness (QED) is 0.638. The van der Waals surface area contributed by atoms with Gasteiger partial charge in [-0.25, -0.2) is 13.9 Å². The second kappa shape index (κ2) is 5.67. The van der Waals surface area contributed by atoms with Crippen molar-refractivity contribution in [2.45, 2.75) is 31.4 Å². The van der Waals surface area contributed by atoms with Crippen LogP contribution in [0, 0.1) is 5.82 Å². The molecule has 2 bridgehead atoms. The molecule has 2 aromatic heterocycles. The molecule has 138 valence electrons. The molecular weight excluding hydrogens is 349 g/mol. The first-order valence-electron chi connectivity index (χ1n) is 8.92. The van der Waals surface area contributed by atoms with Crippen molar-refractivity contribution in [2.75, 3.05) is 11.9 Å². The highest BCUT2D eigenvalue weighted by molar-refractivity contribution is 5.99. The van der Waals surface area contributed by atoms with Crippen LogP contribution in [0.5, 0.6) is 5.75 Å². The predicted molar refractivity (Wildman–Crippen MR) is 96.3 cm³/mol. The second-order valence-corrected chi connectivity index (χ2v) is 7.13. The van der Waals surface area contributed by atoms with Crippen molar-refractivity contribution < 1.29 is 13.9 Å². The molecule has 2 aliphatic rings. The van der Waals surface area contributed by atoms with Gasteiger partial charge in [-0.1, -0.05) is 0 Å². The second-order valence-electron chi connectivity index (χ2n) is 7.13. The molecule has 2 N–H and O–H groups in total. The third-order valence-electron chi connectivity index (χ3n) is 5.07. The predicted octanol–water partition coefficient (Wildman–Crippen LogP) is 2.48. The van der Waals surface area contributed by atoms with E-state index in [1.165, 1.54) is 18.3 Å². The molecule has 1 saturated carbocycles. The Bertz CT molecular complexity index is 1060. The zero-order valence-corrected chi connectivity index (χ0v) is 14.7. The highest BCUT2D eigenvalue weighted by Gasteiger charge is 2.47. The van der Waals surface area contributed by atoms with Crippen LogP contribution >= 0.6 is 0 Å². The maximum Gasteiger partial charge on any atom is 0.256 e. The lowest BCUT2D eigenvalue weighted by Gasteiger charge is -2.24. The summed E-state index contributed by atoms with van der Waals surface area (Å²) < 4.78 is 21.6. The Hall–Kier alpha value is -3.16. The van der Waals surface area contributed by atoms with Gasteiger partial charge in [0.05, 0.1) is 18.3 Å². The van der Waals surface area contributed by atoms with Gasteiger partial charge in [0.25, 0.3) is 5.91 Å². The molecule has 0 radical (unpaired) electrons. The summed E-state index contributed by atoms with van der Waals surface area (Å²) in [5.74, 6) is 0.658. The number of hydrogen-bond acceptors (Lipinski definition) is 5. The van der Waals surface area contributed by atoms with E-state index in [1.54, 1.807) is 22.8 Å². The van der Waals surface area contributed by atoms with Crippen molar-refractivity contribution in [2.24, 2.45) is 0 Å². The normalized spacial score (nSPS) is 20.7. The Labute approximate surface area is 154 Å². The van der Waals surface area contributed by atoms with Crippen LogP contribution < -0.4 is 15.4 Å². The molecule has 3 heterocycles. The van der Waals surface area contributed by atoms with Crippen LogP contribution in [0.15, 0.2) is 36.7 Å². The monoisotopic (exact) mass is 367 g/mol. The van der Waals surface area contributed by atoms with Crippen LogP contribution in [0.4, 0.5) is 10.2 Å². The van der Waals surface area contributed by atoms with Crippen molar-refractivity contribution >= 4 is 17.4 Å². The zero-order chi connectivity index (χ0) is 18.6. The lowest BCUT2D eigenvalue weighted by atomic mass is 10.0. The Morgan fingerprint density at radius 1 is 1.33 bits per heavy atom. The highest BCUT2D eigenvalue weighted by atomic mass is 19.1. The number of anilines is 1. The van der Waals surface area contributed by atoms with Gasteiger partial charge in [-0.3, -0.25) is 4.79 Å². The molecule has 0 unspecified atom stereocenters. The van der Waals surface area contributed by atoms with E-state index < -0.39 is 5.54 Å². The van der Waals surface area contributed by atoms with Crippen molar-refractivity contribution in [3.05, 3.63) is 53.6 Å². The maximum atomic E-state index is 14.0. The Kier molecular flexibility index (Phi) is 3.37. The lowest BCUT2D eigenvalue weighted by Crippen LogP contribution is -2.34. The highest BCUT2D eigenvalue weighted by Crippen LogP contribution is 2.51. The van der Waals surface area contributed by atoms with Crippen LogP contribution in [0.2, 0.25) is 0 Å². The minimum absolute atomic E-state index is 0.259. The topological polar surface area (TPSA) is 80.6 Å². The smallest absolute Gasteiger partial charge is 0.256 e. The van der Waals surface area contributed by atoms with Gasteiger partial charge in [0.15, 0.2) is 5.65 Å². The fraction of sp³-hybridized carbons (Fsp3) is 0.316. The molecule has 1 aliphatic carbocycles. The van der Waals surface area contributed by atoms with Gasteiger partial charge in [-0.15, -0.1) is 0 Å². The molecular formula is C19H18FN5O2. The SMILES string of the molecule is C[C@H]1CNC(=O)c2cnn3ccc(nc23)NC2(CC2)c2cc(F)ccc2O1. The van der Waals surface area contributed by atoms with Crippen LogP contribution in [0.3, 0.4) is 0 Å². The number of ether oxygens (including phenoxy) is 1. The Morgan fingerprint density at radius 2 is 2.19 bits per heavy atom. The zero-order valence-electron chi connectivity index (χ0n) is 14.7. The van der Waals surface area contributed by atoms with E-state index in [1.807, 2.05) is 6.92 Å². The summed E-state index contributed by atoms with van der Waals surface area (Å²) in [7, 11) is 0.